The van der Waals surface area contributed by atoms with Crippen molar-refractivity contribution in [3.63, 3.8) is 0 Å². The summed E-state index contributed by atoms with van der Waals surface area (Å²) in [7, 11) is 1.74. The summed E-state index contributed by atoms with van der Waals surface area (Å²) in [5, 5.41) is 14.0. The molecule has 3 aromatic rings. The molecule has 34 heavy (non-hydrogen) atoms. The molecule has 3 rings (SSSR count). The Labute approximate surface area is 201 Å². The Hall–Kier alpha value is -3.53. The lowest BCUT2D eigenvalue weighted by atomic mass is 10.1. The van der Waals surface area contributed by atoms with E-state index in [0.29, 0.717) is 28.7 Å². The third-order valence-electron chi connectivity index (χ3n) is 5.17. The molecule has 0 saturated carbocycles. The van der Waals surface area contributed by atoms with Crippen molar-refractivity contribution in [3.05, 3.63) is 71.3 Å². The highest BCUT2D eigenvalue weighted by atomic mass is 32.2. The molecular formula is C24H26FN5O3S. The Morgan fingerprint density at radius 1 is 1.12 bits per heavy atom. The normalized spacial score (nSPS) is 12.6. The van der Waals surface area contributed by atoms with Crippen LogP contribution in [0, 0.1) is 5.82 Å². The zero-order valence-electron chi connectivity index (χ0n) is 19.3. The SMILES string of the molecule is CC[C@@H](Sc1nnc([C@@H](C)NC(=O)c2ccccc2F)n1C)C(=O)Nc1cccc(C(C)=O)c1. The van der Waals surface area contributed by atoms with E-state index in [1.54, 1.807) is 48.9 Å². The number of amides is 2. The standard InChI is InChI=1S/C24H26FN5O3S/c1-5-20(23(33)27-17-10-8-9-16(13-17)15(3)31)34-24-29-28-21(30(24)4)14(2)26-22(32)18-11-6-7-12-19(18)25/h6-14,20H,5H2,1-4H3,(H,26,32)(H,27,33)/t14-,20-/m1/s1. The van der Waals surface area contributed by atoms with E-state index >= 15 is 0 Å². The van der Waals surface area contributed by atoms with Crippen LogP contribution >= 0.6 is 11.8 Å². The number of carbonyl (C=O) groups excluding carboxylic acids is 3. The Kier molecular flexibility index (Phi) is 8.17. The van der Waals surface area contributed by atoms with Gasteiger partial charge in [-0.1, -0.05) is 43.0 Å². The summed E-state index contributed by atoms with van der Waals surface area (Å²) in [5.41, 5.74) is 1.01. The summed E-state index contributed by atoms with van der Waals surface area (Å²) in [5.74, 6) is -0.996. The minimum atomic E-state index is -0.605. The van der Waals surface area contributed by atoms with Crippen molar-refractivity contribution in [2.24, 2.45) is 7.05 Å². The van der Waals surface area contributed by atoms with Crippen LogP contribution < -0.4 is 10.6 Å². The predicted octanol–water partition coefficient (Wildman–Crippen LogP) is 4.16. The summed E-state index contributed by atoms with van der Waals surface area (Å²) in [4.78, 5) is 36.9. The van der Waals surface area contributed by atoms with Gasteiger partial charge < -0.3 is 15.2 Å². The van der Waals surface area contributed by atoms with Gasteiger partial charge in [0.15, 0.2) is 16.8 Å². The van der Waals surface area contributed by atoms with Crippen molar-refractivity contribution in [1.29, 1.82) is 0 Å². The number of benzene rings is 2. The number of Topliss-reactive ketones (excluding diaryl/α,β-unsaturated/α-hetero) is 1. The largest absolute Gasteiger partial charge is 0.342 e. The predicted molar refractivity (Wildman–Crippen MR) is 128 cm³/mol. The van der Waals surface area contributed by atoms with Gasteiger partial charge in [0.05, 0.1) is 16.9 Å². The van der Waals surface area contributed by atoms with E-state index in [1.165, 1.54) is 36.9 Å². The van der Waals surface area contributed by atoms with Gasteiger partial charge in [0.2, 0.25) is 5.91 Å². The number of hydrogen-bond acceptors (Lipinski definition) is 6. The topological polar surface area (TPSA) is 106 Å². The van der Waals surface area contributed by atoms with E-state index < -0.39 is 23.0 Å². The highest BCUT2D eigenvalue weighted by molar-refractivity contribution is 8.00. The molecule has 0 fully saturated rings. The number of rotatable bonds is 9. The minimum absolute atomic E-state index is 0.0531. The molecule has 0 aliphatic rings. The van der Waals surface area contributed by atoms with Crippen molar-refractivity contribution < 1.29 is 18.8 Å². The first kappa shape index (κ1) is 25.1. The molecule has 8 nitrogen and oxygen atoms in total. The summed E-state index contributed by atoms with van der Waals surface area (Å²) in [6, 6.07) is 12.0. The van der Waals surface area contributed by atoms with Crippen LogP contribution in [0.4, 0.5) is 10.1 Å². The van der Waals surface area contributed by atoms with Gasteiger partial charge in [0.25, 0.3) is 5.91 Å². The van der Waals surface area contributed by atoms with E-state index in [1.807, 2.05) is 6.92 Å². The lowest BCUT2D eigenvalue weighted by Gasteiger charge is -2.16. The molecule has 178 valence electrons. The molecule has 0 aliphatic carbocycles. The van der Waals surface area contributed by atoms with Crippen LogP contribution in [0.15, 0.2) is 53.7 Å². The summed E-state index contributed by atoms with van der Waals surface area (Å²) >= 11 is 1.25. The van der Waals surface area contributed by atoms with Crippen molar-refractivity contribution >= 4 is 35.0 Å². The third-order valence-corrected chi connectivity index (χ3v) is 6.57. The fourth-order valence-electron chi connectivity index (χ4n) is 3.28. The number of ketones is 1. The summed E-state index contributed by atoms with van der Waals surface area (Å²) in [6.45, 7) is 5.08. The van der Waals surface area contributed by atoms with Crippen LogP contribution in [0.3, 0.4) is 0 Å². The van der Waals surface area contributed by atoms with Gasteiger partial charge in [-0.3, -0.25) is 14.4 Å². The first-order valence-corrected chi connectivity index (χ1v) is 11.6. The number of nitrogens with zero attached hydrogens (tertiary/aromatic N) is 3. The number of thioether (sulfide) groups is 1. The molecule has 0 aliphatic heterocycles. The average molecular weight is 484 g/mol. The van der Waals surface area contributed by atoms with Crippen LogP contribution in [-0.4, -0.2) is 37.6 Å². The zero-order valence-corrected chi connectivity index (χ0v) is 20.1. The number of carbonyl (C=O) groups is 3. The summed E-state index contributed by atoms with van der Waals surface area (Å²) < 4.78 is 15.6. The first-order chi connectivity index (χ1) is 16.2. The zero-order chi connectivity index (χ0) is 24.8. The highest BCUT2D eigenvalue weighted by Gasteiger charge is 2.24. The lowest BCUT2D eigenvalue weighted by Crippen LogP contribution is -2.29. The van der Waals surface area contributed by atoms with Gasteiger partial charge in [-0.15, -0.1) is 10.2 Å². The van der Waals surface area contributed by atoms with Crippen molar-refractivity contribution in [2.75, 3.05) is 5.32 Å². The second kappa shape index (κ2) is 11.1. The number of anilines is 1. The Bertz CT molecular complexity index is 1210. The second-order valence-electron chi connectivity index (χ2n) is 7.72. The smallest absolute Gasteiger partial charge is 0.254 e. The third kappa shape index (κ3) is 5.88. The van der Waals surface area contributed by atoms with Gasteiger partial charge in [-0.05, 0) is 44.5 Å². The van der Waals surface area contributed by atoms with Crippen molar-refractivity contribution in [3.8, 4) is 0 Å². The second-order valence-corrected chi connectivity index (χ2v) is 8.89. The van der Waals surface area contributed by atoms with E-state index in [9.17, 15) is 18.8 Å². The molecule has 1 aromatic heterocycles. The molecule has 2 amide bonds. The molecule has 0 saturated heterocycles. The fourth-order valence-corrected chi connectivity index (χ4v) is 4.21. The maximum Gasteiger partial charge on any atom is 0.254 e. The van der Waals surface area contributed by atoms with Gasteiger partial charge in [-0.2, -0.15) is 0 Å². The molecular weight excluding hydrogens is 457 g/mol. The maximum atomic E-state index is 13.9. The molecule has 0 unspecified atom stereocenters. The quantitative estimate of drug-likeness (QED) is 0.350. The number of aromatic nitrogens is 3. The molecule has 2 N–H and O–H groups in total. The Balaban J connectivity index is 1.68. The number of halogens is 1. The maximum absolute atomic E-state index is 13.9. The van der Waals surface area contributed by atoms with Crippen LogP contribution in [0.1, 0.15) is 59.8 Å². The average Bonchev–Trinajstić information content (AvgIpc) is 3.17. The Morgan fingerprint density at radius 3 is 2.53 bits per heavy atom. The molecule has 10 heteroatoms. The van der Waals surface area contributed by atoms with Crippen LogP contribution in [0.25, 0.3) is 0 Å². The molecule has 0 radical (unpaired) electrons. The van der Waals surface area contributed by atoms with Gasteiger partial charge >= 0.3 is 0 Å². The van der Waals surface area contributed by atoms with E-state index in [0.717, 1.165) is 0 Å². The minimum Gasteiger partial charge on any atom is -0.342 e. The van der Waals surface area contributed by atoms with Gasteiger partial charge in [0.1, 0.15) is 5.82 Å². The van der Waals surface area contributed by atoms with Gasteiger partial charge in [-0.25, -0.2) is 4.39 Å². The van der Waals surface area contributed by atoms with Gasteiger partial charge in [0, 0.05) is 18.3 Å². The number of hydrogen-bond donors (Lipinski definition) is 2. The monoisotopic (exact) mass is 483 g/mol. The lowest BCUT2D eigenvalue weighted by molar-refractivity contribution is -0.115. The van der Waals surface area contributed by atoms with Crippen molar-refractivity contribution in [2.45, 2.75) is 43.6 Å². The van der Waals surface area contributed by atoms with Crippen LogP contribution in [0.2, 0.25) is 0 Å². The van der Waals surface area contributed by atoms with Crippen LogP contribution in [-0.2, 0) is 11.8 Å². The summed E-state index contributed by atoms with van der Waals surface area (Å²) in [6.07, 6.45) is 0.532. The molecule has 0 spiro atoms. The molecule has 0 bridgehead atoms. The molecule has 2 aromatic carbocycles. The van der Waals surface area contributed by atoms with E-state index in [4.69, 9.17) is 0 Å². The number of nitrogens with one attached hydrogen (secondary N) is 2. The molecule has 1 heterocycles. The van der Waals surface area contributed by atoms with E-state index in [2.05, 4.69) is 20.8 Å². The fraction of sp³-hybridized carbons (Fsp3) is 0.292. The van der Waals surface area contributed by atoms with Crippen molar-refractivity contribution in [1.82, 2.24) is 20.1 Å². The van der Waals surface area contributed by atoms with E-state index in [-0.39, 0.29) is 17.3 Å². The van der Waals surface area contributed by atoms with Crippen LogP contribution in [0.5, 0.6) is 0 Å². The first-order valence-electron chi connectivity index (χ1n) is 10.7. The highest BCUT2D eigenvalue weighted by Crippen LogP contribution is 2.27. The Morgan fingerprint density at radius 2 is 1.85 bits per heavy atom. The molecule has 2 atom stereocenters.